The maximum absolute atomic E-state index is 14.7. The molecule has 0 aliphatic carbocycles. The molecule has 0 aromatic heterocycles. The minimum Gasteiger partial charge on any atom is -0.496 e. The number of nitrogens with zero attached hydrogens (tertiary/aromatic N) is 1. The minimum atomic E-state index is -5.04. The highest BCUT2D eigenvalue weighted by Gasteiger charge is 2.42. The molecule has 0 radical (unpaired) electrons. The predicted molar refractivity (Wildman–Crippen MR) is 140 cm³/mol. The number of hydrogen-bond donors (Lipinski definition) is 0. The summed E-state index contributed by atoms with van der Waals surface area (Å²) in [4.78, 5) is 14.3. The Morgan fingerprint density at radius 2 is 1.51 bits per heavy atom. The van der Waals surface area contributed by atoms with E-state index < -0.39 is 51.6 Å². The van der Waals surface area contributed by atoms with Gasteiger partial charge in [0.25, 0.3) is 5.24 Å². The van der Waals surface area contributed by atoms with E-state index in [4.69, 9.17) is 4.74 Å². The van der Waals surface area contributed by atoms with E-state index in [2.05, 4.69) is 0 Å². The van der Waals surface area contributed by atoms with Gasteiger partial charge in [-0.1, -0.05) is 31.7 Å². The number of amides is 1. The average Bonchev–Trinajstić information content (AvgIpc) is 3.15. The summed E-state index contributed by atoms with van der Waals surface area (Å²) in [5.41, 5.74) is -1.72. The first-order chi connectivity index (χ1) is 19.0. The van der Waals surface area contributed by atoms with Crippen molar-refractivity contribution in [3.05, 3.63) is 88.0 Å². The van der Waals surface area contributed by atoms with Crippen LogP contribution in [0, 0.1) is 11.6 Å². The highest BCUT2D eigenvalue weighted by molar-refractivity contribution is 8.14. The standard InChI is InChI=1S/C29H25F8NO2S/c1-14(2)22-11-23(25(40-4)12-24(22)31)21-6-5-20(30)9-17(21)13-38-15(3)26(41-27(38)39)16-7-18(28(32,33)34)10-19(8-16)29(35,36)37/h5-12,14-15,26H,13H2,1-4H3. The van der Waals surface area contributed by atoms with Crippen molar-refractivity contribution in [3.63, 3.8) is 0 Å². The summed E-state index contributed by atoms with van der Waals surface area (Å²) in [5, 5.41) is -1.66. The van der Waals surface area contributed by atoms with Crippen LogP contribution in [0.15, 0.2) is 48.5 Å². The van der Waals surface area contributed by atoms with Gasteiger partial charge in [-0.15, -0.1) is 0 Å². The lowest BCUT2D eigenvalue weighted by Gasteiger charge is -2.26. The van der Waals surface area contributed by atoms with E-state index in [1.54, 1.807) is 19.9 Å². The number of carbonyl (C=O) groups is 1. The van der Waals surface area contributed by atoms with Gasteiger partial charge in [-0.05, 0) is 71.5 Å². The van der Waals surface area contributed by atoms with Gasteiger partial charge >= 0.3 is 12.4 Å². The van der Waals surface area contributed by atoms with E-state index in [0.717, 1.165) is 0 Å². The first-order valence-electron chi connectivity index (χ1n) is 12.4. The van der Waals surface area contributed by atoms with Gasteiger partial charge in [0, 0.05) is 24.2 Å². The molecule has 4 rings (SSSR count). The number of alkyl halides is 6. The van der Waals surface area contributed by atoms with Gasteiger partial charge in [0.1, 0.15) is 17.4 Å². The van der Waals surface area contributed by atoms with Crippen LogP contribution < -0.4 is 4.74 Å². The first kappa shape index (κ1) is 30.7. The van der Waals surface area contributed by atoms with E-state index in [1.165, 1.54) is 43.2 Å². The number of halogens is 8. The third-order valence-corrected chi connectivity index (χ3v) is 8.33. The monoisotopic (exact) mass is 603 g/mol. The summed E-state index contributed by atoms with van der Waals surface area (Å²) < 4.78 is 115. The summed E-state index contributed by atoms with van der Waals surface area (Å²) in [6, 6.07) is 7.01. The third kappa shape index (κ3) is 6.32. The van der Waals surface area contributed by atoms with Crippen molar-refractivity contribution < 1.29 is 44.7 Å². The van der Waals surface area contributed by atoms with Crippen LogP contribution in [-0.2, 0) is 18.9 Å². The highest BCUT2D eigenvalue weighted by atomic mass is 32.2. The van der Waals surface area contributed by atoms with Crippen LogP contribution in [0.25, 0.3) is 11.1 Å². The van der Waals surface area contributed by atoms with Gasteiger partial charge in [-0.3, -0.25) is 4.79 Å². The van der Waals surface area contributed by atoms with Crippen molar-refractivity contribution in [1.82, 2.24) is 4.90 Å². The molecular weight excluding hydrogens is 578 g/mol. The molecule has 1 aliphatic heterocycles. The molecule has 1 heterocycles. The van der Waals surface area contributed by atoms with Crippen LogP contribution in [0.3, 0.4) is 0 Å². The number of thioether (sulfide) groups is 1. The molecule has 12 heteroatoms. The van der Waals surface area contributed by atoms with Crippen LogP contribution in [0.2, 0.25) is 0 Å². The number of carbonyl (C=O) groups excluding carboxylic acids is 1. The van der Waals surface area contributed by atoms with Crippen LogP contribution >= 0.6 is 11.8 Å². The predicted octanol–water partition coefficient (Wildman–Crippen LogP) is 9.60. The Labute approximate surface area is 235 Å². The number of benzene rings is 3. The van der Waals surface area contributed by atoms with E-state index in [-0.39, 0.29) is 29.8 Å². The zero-order valence-electron chi connectivity index (χ0n) is 22.3. The molecule has 3 aromatic rings. The molecule has 0 N–H and O–H groups in total. The number of rotatable bonds is 6. The second kappa shape index (κ2) is 11.2. The fourth-order valence-corrected chi connectivity index (χ4v) is 6.04. The number of ether oxygens (including phenoxy) is 1. The van der Waals surface area contributed by atoms with Crippen LogP contribution in [0.4, 0.5) is 39.9 Å². The number of hydrogen-bond acceptors (Lipinski definition) is 3. The summed E-state index contributed by atoms with van der Waals surface area (Å²) in [6.45, 7) is 4.88. The molecule has 220 valence electrons. The summed E-state index contributed by atoms with van der Waals surface area (Å²) in [6.07, 6.45) is -10.1. The first-order valence-corrected chi connectivity index (χ1v) is 13.3. The van der Waals surface area contributed by atoms with Crippen molar-refractivity contribution in [2.24, 2.45) is 0 Å². The van der Waals surface area contributed by atoms with Gasteiger partial charge in [-0.25, -0.2) is 8.78 Å². The van der Waals surface area contributed by atoms with Gasteiger partial charge in [-0.2, -0.15) is 26.3 Å². The molecule has 0 saturated carbocycles. The molecule has 1 fully saturated rings. The Morgan fingerprint density at radius 1 is 0.902 bits per heavy atom. The van der Waals surface area contributed by atoms with E-state index >= 15 is 0 Å². The SMILES string of the molecule is COc1cc(F)c(C(C)C)cc1-c1ccc(F)cc1CN1C(=O)SC(c2cc(C(F)(F)F)cc(C(F)(F)F)c2)C1C. The molecule has 0 bridgehead atoms. The molecule has 1 aliphatic rings. The Hall–Kier alpha value is -3.28. The zero-order chi connectivity index (χ0) is 30.4. The van der Waals surface area contributed by atoms with Gasteiger partial charge in [0.05, 0.1) is 23.5 Å². The second-order valence-electron chi connectivity index (χ2n) is 10.0. The van der Waals surface area contributed by atoms with Gasteiger partial charge in [0.2, 0.25) is 0 Å². The fourth-order valence-electron chi connectivity index (χ4n) is 4.84. The van der Waals surface area contributed by atoms with E-state index in [1.807, 2.05) is 0 Å². The fraction of sp³-hybridized carbons (Fsp3) is 0.345. The Morgan fingerprint density at radius 3 is 2.05 bits per heavy atom. The largest absolute Gasteiger partial charge is 0.496 e. The maximum Gasteiger partial charge on any atom is 0.416 e. The number of methoxy groups -OCH3 is 1. The smallest absolute Gasteiger partial charge is 0.416 e. The molecule has 3 aromatic carbocycles. The molecular formula is C29H25F8NO2S. The summed E-state index contributed by atoms with van der Waals surface area (Å²) in [5.74, 6) is -1.16. The Balaban J connectivity index is 1.75. The molecule has 2 unspecified atom stereocenters. The van der Waals surface area contributed by atoms with Crippen LogP contribution in [0.1, 0.15) is 59.8 Å². The Kier molecular flexibility index (Phi) is 8.37. The zero-order valence-corrected chi connectivity index (χ0v) is 23.1. The van der Waals surface area contributed by atoms with E-state index in [0.29, 0.717) is 46.1 Å². The molecule has 2 atom stereocenters. The van der Waals surface area contributed by atoms with Crippen molar-refractivity contribution in [2.45, 2.75) is 56.9 Å². The maximum atomic E-state index is 14.7. The third-order valence-electron chi connectivity index (χ3n) is 6.97. The quantitative estimate of drug-likeness (QED) is 0.263. The van der Waals surface area contributed by atoms with Crippen molar-refractivity contribution in [1.29, 1.82) is 0 Å². The van der Waals surface area contributed by atoms with Crippen LogP contribution in [-0.4, -0.2) is 23.3 Å². The van der Waals surface area contributed by atoms with Gasteiger partial charge in [0.15, 0.2) is 0 Å². The highest BCUT2D eigenvalue weighted by Crippen LogP contribution is 2.47. The lowest BCUT2D eigenvalue weighted by molar-refractivity contribution is -0.143. The van der Waals surface area contributed by atoms with Gasteiger partial charge < -0.3 is 9.64 Å². The molecule has 41 heavy (non-hydrogen) atoms. The van der Waals surface area contributed by atoms with Crippen molar-refractivity contribution in [3.8, 4) is 16.9 Å². The topological polar surface area (TPSA) is 29.5 Å². The normalized spacial score (nSPS) is 18.0. The van der Waals surface area contributed by atoms with E-state index in [9.17, 15) is 39.9 Å². The molecule has 1 saturated heterocycles. The molecule has 3 nitrogen and oxygen atoms in total. The Bertz CT molecular complexity index is 1440. The van der Waals surface area contributed by atoms with Crippen molar-refractivity contribution >= 4 is 17.0 Å². The lowest BCUT2D eigenvalue weighted by Crippen LogP contribution is -2.31. The average molecular weight is 604 g/mol. The van der Waals surface area contributed by atoms with Crippen molar-refractivity contribution in [2.75, 3.05) is 7.11 Å². The van der Waals surface area contributed by atoms with Crippen LogP contribution in [0.5, 0.6) is 5.75 Å². The second-order valence-corrected chi connectivity index (χ2v) is 11.1. The summed E-state index contributed by atoms with van der Waals surface area (Å²) >= 11 is 0.599. The molecule has 1 amide bonds. The minimum absolute atomic E-state index is 0.0356. The molecule has 0 spiro atoms. The lowest BCUT2D eigenvalue weighted by atomic mass is 9.92. The summed E-state index contributed by atoms with van der Waals surface area (Å²) in [7, 11) is 1.34.